The van der Waals surface area contributed by atoms with Gasteiger partial charge in [-0.15, -0.1) is 0 Å². The summed E-state index contributed by atoms with van der Waals surface area (Å²) in [7, 11) is 0. The van der Waals surface area contributed by atoms with Gasteiger partial charge in [0.1, 0.15) is 0 Å². The third-order valence-electron chi connectivity index (χ3n) is 7.09. The van der Waals surface area contributed by atoms with Gasteiger partial charge in [-0.25, -0.2) is 0 Å². The number of rotatable bonds is 0. The van der Waals surface area contributed by atoms with Crippen molar-refractivity contribution in [1.29, 1.82) is 0 Å². The van der Waals surface area contributed by atoms with Crippen LogP contribution < -0.4 is 0 Å². The minimum absolute atomic E-state index is 0.0762. The Morgan fingerprint density at radius 2 is 0.700 bits per heavy atom. The summed E-state index contributed by atoms with van der Waals surface area (Å²) in [5, 5.41) is 0. The molecule has 5 aliphatic heterocycles. The molecule has 5 heterocycles. The summed E-state index contributed by atoms with van der Waals surface area (Å²) in [6.45, 7) is 0. The molecule has 4 unspecified atom stereocenters. The molecule has 12 nitrogen and oxygen atoms in total. The van der Waals surface area contributed by atoms with E-state index in [1.54, 1.807) is 0 Å². The molecule has 0 aromatic heterocycles. The maximum atomic E-state index is 13.2. The molecule has 14 heteroatoms. The first-order valence-electron chi connectivity index (χ1n) is 9.82. The number of hydrogen-bond donors (Lipinski definition) is 0. The summed E-state index contributed by atoms with van der Waals surface area (Å²) in [4.78, 5) is 52.8. The van der Waals surface area contributed by atoms with Crippen molar-refractivity contribution in [3.63, 3.8) is 0 Å². The van der Waals surface area contributed by atoms with Gasteiger partial charge in [-0.1, -0.05) is 0 Å². The zero-order chi connectivity index (χ0) is 20.6. The second-order valence-electron chi connectivity index (χ2n) is 8.50. The summed E-state index contributed by atoms with van der Waals surface area (Å²) in [5.41, 5.74) is -7.62. The summed E-state index contributed by atoms with van der Waals surface area (Å²) >= 11 is -9.65. The van der Waals surface area contributed by atoms with Gasteiger partial charge >= 0.3 is 176 Å². The van der Waals surface area contributed by atoms with Crippen molar-refractivity contribution < 1.29 is 49.0 Å². The standard InChI is InChI=1S/C16H16As2O12/c19-9-13-5-1-2-6-14(13)10(20)24-18(28-14)26-12(22)16(30-18)8-4-3-7-15(16)11(21)25-17(23-9,27-13)29-15/h1-8H2/q-2. The number of hydrogen-bond acceptors (Lipinski definition) is 12. The summed E-state index contributed by atoms with van der Waals surface area (Å²) in [6, 6.07) is 0. The van der Waals surface area contributed by atoms with Gasteiger partial charge in [0.15, 0.2) is 0 Å². The van der Waals surface area contributed by atoms with E-state index in [0.29, 0.717) is 25.7 Å². The Morgan fingerprint density at radius 1 is 0.467 bits per heavy atom. The quantitative estimate of drug-likeness (QED) is 0.351. The molecular weight excluding hydrogens is 534 g/mol. The van der Waals surface area contributed by atoms with Gasteiger partial charge in [0.2, 0.25) is 0 Å². The van der Waals surface area contributed by atoms with Crippen LogP contribution in [-0.2, 0) is 49.0 Å². The first kappa shape index (κ1) is 18.4. The molecule has 0 amide bonds. The Hall–Kier alpha value is -1.16. The van der Waals surface area contributed by atoms with Crippen LogP contribution in [0.4, 0.5) is 0 Å². The van der Waals surface area contributed by atoms with Crippen LogP contribution in [-0.4, -0.2) is 76.1 Å². The van der Waals surface area contributed by atoms with E-state index < -0.39 is 76.1 Å². The van der Waals surface area contributed by atoms with Crippen molar-refractivity contribution >= 4 is 53.7 Å². The summed E-state index contributed by atoms with van der Waals surface area (Å²) < 4.78 is 46.4. The fourth-order valence-electron chi connectivity index (χ4n) is 5.69. The van der Waals surface area contributed by atoms with Crippen LogP contribution in [0.1, 0.15) is 51.4 Å². The van der Waals surface area contributed by atoms with Crippen LogP contribution in [0.3, 0.4) is 0 Å². The predicted octanol–water partition coefficient (Wildman–Crippen LogP) is -0.732. The Labute approximate surface area is 176 Å². The molecule has 5 saturated heterocycles. The van der Waals surface area contributed by atoms with Gasteiger partial charge in [0, 0.05) is 0 Å². The monoisotopic (exact) mass is 550 g/mol. The third kappa shape index (κ3) is 1.69. The second kappa shape index (κ2) is 5.08. The van der Waals surface area contributed by atoms with Gasteiger partial charge in [-0.3, -0.25) is 0 Å². The number of carbonyl (C=O) groups excluding carboxylic acids is 4. The van der Waals surface area contributed by atoms with E-state index >= 15 is 0 Å². The normalized spacial score (nSPS) is 59.5. The first-order chi connectivity index (χ1) is 14.3. The fraction of sp³-hybridized carbons (Fsp3) is 0.750. The molecular formula is C16H16As2O12-2. The molecule has 2 aliphatic carbocycles. The minimum atomic E-state index is -4.83. The van der Waals surface area contributed by atoms with E-state index in [2.05, 4.69) is 0 Å². The van der Waals surface area contributed by atoms with E-state index in [-0.39, 0.29) is 25.7 Å². The third-order valence-corrected chi connectivity index (χ3v) is 14.8. The van der Waals surface area contributed by atoms with E-state index in [1.807, 2.05) is 0 Å². The Morgan fingerprint density at radius 3 is 0.933 bits per heavy atom. The van der Waals surface area contributed by atoms with E-state index in [9.17, 15) is 19.2 Å². The first-order valence-corrected chi connectivity index (χ1v) is 16.0. The van der Waals surface area contributed by atoms with Gasteiger partial charge in [0.25, 0.3) is 0 Å². The molecule has 2 saturated carbocycles. The topological polar surface area (TPSA) is 142 Å². The van der Waals surface area contributed by atoms with E-state index in [0.717, 1.165) is 0 Å². The molecule has 6 bridgehead atoms. The maximum absolute atomic E-state index is 13.2. The summed E-state index contributed by atoms with van der Waals surface area (Å²) in [5.74, 6) is -3.55. The van der Waals surface area contributed by atoms with Crippen LogP contribution in [0.15, 0.2) is 0 Å². The van der Waals surface area contributed by atoms with Crippen molar-refractivity contribution in [3.8, 4) is 0 Å². The Bertz CT molecular complexity index is 816. The Balaban J connectivity index is 1.52. The molecule has 0 N–H and O–H groups in total. The average Bonchev–Trinajstić information content (AvgIpc) is 3.29. The van der Waals surface area contributed by atoms with Crippen LogP contribution in [0, 0.1) is 0 Å². The number of carbonyl (C=O) groups is 4. The van der Waals surface area contributed by atoms with Crippen molar-refractivity contribution in [2.45, 2.75) is 73.8 Å². The average molecular weight is 550 g/mol. The molecule has 4 atom stereocenters. The molecule has 30 heavy (non-hydrogen) atoms. The van der Waals surface area contributed by atoms with Crippen LogP contribution in [0.2, 0.25) is 0 Å². The molecule has 0 aromatic carbocycles. The van der Waals surface area contributed by atoms with Crippen LogP contribution in [0.25, 0.3) is 0 Å². The van der Waals surface area contributed by atoms with E-state index in [1.165, 1.54) is 0 Å². The van der Waals surface area contributed by atoms with Gasteiger partial charge in [0.05, 0.1) is 0 Å². The predicted molar refractivity (Wildman–Crippen MR) is 88.1 cm³/mol. The van der Waals surface area contributed by atoms with Crippen molar-refractivity contribution in [3.05, 3.63) is 0 Å². The molecule has 0 aromatic rings. The van der Waals surface area contributed by atoms with Gasteiger partial charge < -0.3 is 0 Å². The fourth-order valence-corrected chi connectivity index (χ4v) is 15.4. The van der Waals surface area contributed by atoms with Gasteiger partial charge in [-0.05, 0) is 0 Å². The van der Waals surface area contributed by atoms with Crippen molar-refractivity contribution in [1.82, 2.24) is 0 Å². The Kier molecular flexibility index (Phi) is 3.12. The zero-order valence-corrected chi connectivity index (χ0v) is 19.2. The molecule has 6 spiro atoms. The second-order valence-corrected chi connectivity index (χ2v) is 15.3. The van der Waals surface area contributed by atoms with Gasteiger partial charge in [-0.2, -0.15) is 0 Å². The SMILES string of the molecule is O=C1O[As-]23OC(=O)C4(CCCCC45O[As-]4(OC(=O)C6(CCCCC16O2)O4)OC5=O)O3. The van der Waals surface area contributed by atoms with Crippen LogP contribution in [0.5, 0.6) is 0 Å². The van der Waals surface area contributed by atoms with E-state index in [4.69, 9.17) is 29.8 Å². The van der Waals surface area contributed by atoms with Crippen molar-refractivity contribution in [2.75, 3.05) is 0 Å². The summed E-state index contributed by atoms with van der Waals surface area (Å²) in [6.07, 6.45) is 2.44. The molecule has 164 valence electrons. The molecule has 7 fully saturated rings. The molecule has 0 radical (unpaired) electrons. The molecule has 7 aliphatic rings. The molecule has 7 rings (SSSR count). The van der Waals surface area contributed by atoms with Crippen molar-refractivity contribution in [2.24, 2.45) is 0 Å². The van der Waals surface area contributed by atoms with Crippen LogP contribution >= 0.6 is 0 Å². The zero-order valence-electron chi connectivity index (χ0n) is 15.5.